The summed E-state index contributed by atoms with van der Waals surface area (Å²) in [6, 6.07) is 4.79. The molecule has 0 aliphatic rings. The summed E-state index contributed by atoms with van der Waals surface area (Å²) in [7, 11) is 0. The highest BCUT2D eigenvalue weighted by Gasteiger charge is 2.07. The van der Waals surface area contributed by atoms with Crippen LogP contribution in [0.5, 0.6) is 11.5 Å². The maximum atomic E-state index is 11.3. The van der Waals surface area contributed by atoms with Gasteiger partial charge in [-0.2, -0.15) is 0 Å². The Kier molecular flexibility index (Phi) is 5.66. The van der Waals surface area contributed by atoms with Crippen molar-refractivity contribution in [1.82, 2.24) is 5.32 Å². The van der Waals surface area contributed by atoms with Gasteiger partial charge in [0.15, 0.2) is 11.5 Å². The Labute approximate surface area is 111 Å². The molecule has 3 N–H and O–H groups in total. The first-order valence-electron chi connectivity index (χ1n) is 5.96. The fourth-order valence-corrected chi connectivity index (χ4v) is 1.45. The van der Waals surface area contributed by atoms with Crippen molar-refractivity contribution in [2.75, 3.05) is 6.61 Å². The molecular formula is C13H17NO5. The number of nitrogens with one attached hydrogen (secondary N) is 1. The van der Waals surface area contributed by atoms with Gasteiger partial charge in [-0.15, -0.1) is 0 Å². The Morgan fingerprint density at radius 1 is 1.32 bits per heavy atom. The second-order valence-corrected chi connectivity index (χ2v) is 3.91. The molecule has 0 aliphatic carbocycles. The molecule has 0 radical (unpaired) electrons. The van der Waals surface area contributed by atoms with Gasteiger partial charge in [0.2, 0.25) is 5.91 Å². The number of carbonyl (C=O) groups excluding carboxylic acids is 1. The number of hydrogen-bond donors (Lipinski definition) is 3. The van der Waals surface area contributed by atoms with Crippen molar-refractivity contribution >= 4 is 11.9 Å². The molecule has 1 rings (SSSR count). The summed E-state index contributed by atoms with van der Waals surface area (Å²) in [5.74, 6) is -0.922. The molecule has 6 heteroatoms. The zero-order chi connectivity index (χ0) is 14.3. The zero-order valence-corrected chi connectivity index (χ0v) is 10.7. The van der Waals surface area contributed by atoms with Gasteiger partial charge in [-0.1, -0.05) is 6.07 Å². The molecule has 0 atom stereocenters. The highest BCUT2D eigenvalue weighted by atomic mass is 16.5. The monoisotopic (exact) mass is 267 g/mol. The number of phenolic OH excluding ortho intramolecular Hbond substituents is 1. The minimum absolute atomic E-state index is 0.0443. The van der Waals surface area contributed by atoms with Gasteiger partial charge < -0.3 is 20.3 Å². The van der Waals surface area contributed by atoms with E-state index in [0.717, 1.165) is 5.56 Å². The fourth-order valence-electron chi connectivity index (χ4n) is 1.45. The molecule has 0 saturated heterocycles. The fraction of sp³-hybridized carbons (Fsp3) is 0.385. The largest absolute Gasteiger partial charge is 0.504 e. The summed E-state index contributed by atoms with van der Waals surface area (Å²) >= 11 is 0. The number of carbonyl (C=O) groups is 2. The number of aliphatic carboxylic acids is 1. The summed E-state index contributed by atoms with van der Waals surface area (Å²) in [6.45, 7) is 2.50. The van der Waals surface area contributed by atoms with Crippen LogP contribution in [0.15, 0.2) is 18.2 Å². The quantitative estimate of drug-likeness (QED) is 0.691. The molecule has 1 amide bonds. The van der Waals surface area contributed by atoms with E-state index in [1.54, 1.807) is 19.1 Å². The molecule has 0 heterocycles. The zero-order valence-electron chi connectivity index (χ0n) is 10.7. The lowest BCUT2D eigenvalue weighted by molar-refractivity contribution is -0.138. The molecule has 0 aromatic heterocycles. The topological polar surface area (TPSA) is 95.9 Å². The van der Waals surface area contributed by atoms with Gasteiger partial charge in [-0.3, -0.25) is 9.59 Å². The first kappa shape index (κ1) is 14.8. The van der Waals surface area contributed by atoms with Crippen LogP contribution in [0, 0.1) is 0 Å². The maximum absolute atomic E-state index is 11.3. The third kappa shape index (κ3) is 5.29. The molecule has 0 fully saturated rings. The van der Waals surface area contributed by atoms with Gasteiger partial charge in [0.1, 0.15) is 0 Å². The van der Waals surface area contributed by atoms with Gasteiger partial charge in [0.25, 0.3) is 0 Å². The number of phenols is 1. The molecule has 1 aromatic carbocycles. The van der Waals surface area contributed by atoms with Crippen molar-refractivity contribution in [3.05, 3.63) is 23.8 Å². The number of carboxylic acids is 1. The van der Waals surface area contributed by atoms with E-state index in [1.807, 2.05) is 0 Å². The van der Waals surface area contributed by atoms with Crippen molar-refractivity contribution in [2.45, 2.75) is 26.3 Å². The third-order valence-electron chi connectivity index (χ3n) is 2.38. The van der Waals surface area contributed by atoms with Gasteiger partial charge in [-0.05, 0) is 24.6 Å². The highest BCUT2D eigenvalue weighted by molar-refractivity contribution is 5.80. The van der Waals surface area contributed by atoms with Gasteiger partial charge in [-0.25, -0.2) is 0 Å². The van der Waals surface area contributed by atoms with E-state index in [-0.39, 0.29) is 31.0 Å². The normalized spacial score (nSPS) is 9.95. The molecule has 0 spiro atoms. The maximum Gasteiger partial charge on any atom is 0.303 e. The number of aromatic hydroxyl groups is 1. The summed E-state index contributed by atoms with van der Waals surface area (Å²) in [6.07, 6.45) is -0.239. The Hall–Kier alpha value is -2.24. The third-order valence-corrected chi connectivity index (χ3v) is 2.38. The van der Waals surface area contributed by atoms with Crippen molar-refractivity contribution in [1.29, 1.82) is 0 Å². The number of ether oxygens (including phenoxy) is 1. The molecule has 104 valence electrons. The number of benzene rings is 1. The number of hydrogen-bond acceptors (Lipinski definition) is 4. The Morgan fingerprint density at radius 2 is 2.05 bits per heavy atom. The average molecular weight is 267 g/mol. The van der Waals surface area contributed by atoms with E-state index in [9.17, 15) is 14.7 Å². The summed E-state index contributed by atoms with van der Waals surface area (Å²) < 4.78 is 5.22. The van der Waals surface area contributed by atoms with Crippen LogP contribution in [0.25, 0.3) is 0 Å². The van der Waals surface area contributed by atoms with E-state index >= 15 is 0 Å². The van der Waals surface area contributed by atoms with Crippen molar-refractivity contribution in [3.8, 4) is 11.5 Å². The Balaban J connectivity index is 2.51. The first-order valence-corrected chi connectivity index (χ1v) is 5.96. The van der Waals surface area contributed by atoms with E-state index in [4.69, 9.17) is 9.84 Å². The number of amides is 1. The van der Waals surface area contributed by atoms with Gasteiger partial charge >= 0.3 is 5.97 Å². The van der Waals surface area contributed by atoms with Crippen molar-refractivity contribution < 1.29 is 24.5 Å². The van der Waals surface area contributed by atoms with Crippen molar-refractivity contribution in [3.63, 3.8) is 0 Å². The molecule has 1 aromatic rings. The number of rotatable bonds is 7. The standard InChI is InChI=1S/C13H17NO5/c1-2-19-11-7-9(3-4-10(11)15)8-14-12(16)5-6-13(17)18/h3-4,7,15H,2,5-6,8H2,1H3,(H,14,16)(H,17,18). The average Bonchev–Trinajstić information content (AvgIpc) is 2.37. The smallest absolute Gasteiger partial charge is 0.303 e. The minimum Gasteiger partial charge on any atom is -0.504 e. The van der Waals surface area contributed by atoms with Crippen LogP contribution in [-0.4, -0.2) is 28.7 Å². The van der Waals surface area contributed by atoms with Crippen molar-refractivity contribution in [2.24, 2.45) is 0 Å². The molecule has 0 aliphatic heterocycles. The van der Waals surface area contributed by atoms with Crippen LogP contribution in [0.2, 0.25) is 0 Å². The molecule has 0 saturated carbocycles. The summed E-state index contributed by atoms with van der Waals surface area (Å²) in [5.41, 5.74) is 0.768. The molecule has 19 heavy (non-hydrogen) atoms. The second kappa shape index (κ2) is 7.25. The predicted molar refractivity (Wildman–Crippen MR) is 68.0 cm³/mol. The Bertz CT molecular complexity index is 458. The Morgan fingerprint density at radius 3 is 2.68 bits per heavy atom. The van der Waals surface area contributed by atoms with E-state index in [0.29, 0.717) is 12.4 Å². The molecule has 0 bridgehead atoms. The van der Waals surface area contributed by atoms with Crippen LogP contribution < -0.4 is 10.1 Å². The van der Waals surface area contributed by atoms with E-state index < -0.39 is 5.97 Å². The molecule has 6 nitrogen and oxygen atoms in total. The molecular weight excluding hydrogens is 250 g/mol. The predicted octanol–water partition coefficient (Wildman–Crippen LogP) is 1.27. The lowest BCUT2D eigenvalue weighted by atomic mass is 10.2. The lowest BCUT2D eigenvalue weighted by Crippen LogP contribution is -2.23. The van der Waals surface area contributed by atoms with E-state index in [2.05, 4.69) is 5.32 Å². The second-order valence-electron chi connectivity index (χ2n) is 3.91. The summed E-state index contributed by atoms with van der Waals surface area (Å²) in [4.78, 5) is 21.7. The van der Waals surface area contributed by atoms with Crippen LogP contribution in [0.4, 0.5) is 0 Å². The van der Waals surface area contributed by atoms with Gasteiger partial charge in [0.05, 0.1) is 13.0 Å². The minimum atomic E-state index is -1.00. The van der Waals surface area contributed by atoms with Crippen LogP contribution in [0.1, 0.15) is 25.3 Å². The highest BCUT2D eigenvalue weighted by Crippen LogP contribution is 2.26. The summed E-state index contributed by atoms with van der Waals surface area (Å²) in [5, 5.41) is 20.6. The van der Waals surface area contributed by atoms with Crippen LogP contribution >= 0.6 is 0 Å². The number of carboxylic acid groups (broad SMARTS) is 1. The first-order chi connectivity index (χ1) is 9.02. The van der Waals surface area contributed by atoms with Crippen LogP contribution in [-0.2, 0) is 16.1 Å². The van der Waals surface area contributed by atoms with Gasteiger partial charge in [0, 0.05) is 13.0 Å². The lowest BCUT2D eigenvalue weighted by Gasteiger charge is -2.09. The SMILES string of the molecule is CCOc1cc(CNC(=O)CCC(=O)O)ccc1O. The molecule has 0 unspecified atom stereocenters. The van der Waals surface area contributed by atoms with E-state index in [1.165, 1.54) is 6.07 Å². The van der Waals surface area contributed by atoms with Crippen LogP contribution in [0.3, 0.4) is 0 Å².